The molecule has 0 fully saturated rings. The van der Waals surface area contributed by atoms with E-state index in [9.17, 15) is 4.79 Å². The van der Waals surface area contributed by atoms with Crippen molar-refractivity contribution in [2.24, 2.45) is 0 Å². The highest BCUT2D eigenvalue weighted by atomic mass is 79.9. The minimum atomic E-state index is 0.0162. The van der Waals surface area contributed by atoms with E-state index in [1.165, 1.54) is 0 Å². The fourth-order valence-electron chi connectivity index (χ4n) is 3.18. The van der Waals surface area contributed by atoms with E-state index in [1.807, 2.05) is 30.9 Å². The first-order chi connectivity index (χ1) is 11.5. The zero-order valence-corrected chi connectivity index (χ0v) is 15.1. The highest BCUT2D eigenvalue weighted by molar-refractivity contribution is 9.10. The van der Waals surface area contributed by atoms with Crippen LogP contribution in [0.15, 0.2) is 33.3 Å². The first kappa shape index (κ1) is 15.3. The Kier molecular flexibility index (Phi) is 3.64. The van der Waals surface area contributed by atoms with E-state index in [4.69, 9.17) is 4.42 Å². The Hall–Kier alpha value is -2.21. The molecule has 3 aromatic heterocycles. The summed E-state index contributed by atoms with van der Waals surface area (Å²) in [6, 6.07) is 5.90. The van der Waals surface area contributed by atoms with E-state index in [0.29, 0.717) is 24.4 Å². The molecule has 4 heterocycles. The van der Waals surface area contributed by atoms with Crippen molar-refractivity contribution in [1.29, 1.82) is 0 Å². The summed E-state index contributed by atoms with van der Waals surface area (Å²) in [5, 5.41) is 0.979. The third-order valence-electron chi connectivity index (χ3n) is 4.34. The molecule has 0 atom stereocenters. The third kappa shape index (κ3) is 2.60. The molecule has 0 unspecified atom stereocenters. The van der Waals surface area contributed by atoms with Crippen LogP contribution in [0.25, 0.3) is 11.0 Å². The van der Waals surface area contributed by atoms with Crippen molar-refractivity contribution < 1.29 is 9.21 Å². The third-order valence-corrected chi connectivity index (χ3v) is 4.78. The van der Waals surface area contributed by atoms with Gasteiger partial charge in [0.2, 0.25) is 0 Å². The van der Waals surface area contributed by atoms with Gasteiger partial charge in [-0.05, 0) is 53.5 Å². The van der Waals surface area contributed by atoms with Crippen LogP contribution in [0, 0.1) is 13.8 Å². The van der Waals surface area contributed by atoms with Crippen LogP contribution >= 0.6 is 15.9 Å². The van der Waals surface area contributed by atoms with Crippen LogP contribution in [-0.4, -0.2) is 27.3 Å². The second kappa shape index (κ2) is 5.70. The molecular weight excluding hydrogens is 370 g/mol. The molecule has 0 radical (unpaired) electrons. The number of hydrogen-bond acceptors (Lipinski definition) is 4. The maximum Gasteiger partial charge on any atom is 0.257 e. The number of fused-ring (bicyclic) bond motifs is 2. The van der Waals surface area contributed by atoms with Gasteiger partial charge in [-0.15, -0.1) is 0 Å². The number of halogens is 1. The number of pyridine rings is 2. The Bertz CT molecular complexity index is 964. The molecule has 0 bridgehead atoms. The Morgan fingerprint density at radius 1 is 1.29 bits per heavy atom. The second-order valence-electron chi connectivity index (χ2n) is 6.10. The quantitative estimate of drug-likeness (QED) is 0.638. The lowest BCUT2D eigenvalue weighted by Gasteiger charge is -2.28. The monoisotopic (exact) mass is 385 g/mol. The summed E-state index contributed by atoms with van der Waals surface area (Å²) in [6.07, 6.45) is 2.50. The zero-order chi connectivity index (χ0) is 16.8. The van der Waals surface area contributed by atoms with Crippen molar-refractivity contribution >= 4 is 32.9 Å². The van der Waals surface area contributed by atoms with E-state index in [2.05, 4.69) is 32.0 Å². The molecule has 1 amide bonds. The lowest BCUT2D eigenvalue weighted by molar-refractivity contribution is 0.0732. The summed E-state index contributed by atoms with van der Waals surface area (Å²) < 4.78 is 6.41. The van der Waals surface area contributed by atoms with Gasteiger partial charge in [0.05, 0.1) is 5.56 Å². The SMILES string of the molecule is Cc1cc(C(=O)N2CCc3nc4ncc(Br)cc4cc3C2)c(C)o1. The number of amides is 1. The molecule has 1 aliphatic rings. The van der Waals surface area contributed by atoms with Gasteiger partial charge in [0, 0.05) is 41.3 Å². The van der Waals surface area contributed by atoms with Gasteiger partial charge in [0.1, 0.15) is 11.5 Å². The van der Waals surface area contributed by atoms with Crippen LogP contribution in [0.3, 0.4) is 0 Å². The average molecular weight is 386 g/mol. The van der Waals surface area contributed by atoms with E-state index >= 15 is 0 Å². The van der Waals surface area contributed by atoms with Gasteiger partial charge in [-0.25, -0.2) is 9.97 Å². The summed E-state index contributed by atoms with van der Waals surface area (Å²) in [5.41, 5.74) is 3.51. The van der Waals surface area contributed by atoms with Crippen LogP contribution < -0.4 is 0 Å². The van der Waals surface area contributed by atoms with Crippen molar-refractivity contribution in [3.63, 3.8) is 0 Å². The minimum absolute atomic E-state index is 0.0162. The molecule has 0 aliphatic carbocycles. The van der Waals surface area contributed by atoms with Gasteiger partial charge in [0.15, 0.2) is 5.65 Å². The smallest absolute Gasteiger partial charge is 0.257 e. The molecule has 0 saturated heterocycles. The number of aryl methyl sites for hydroxylation is 2. The molecule has 0 N–H and O–H groups in total. The standard InChI is InChI=1S/C18H16BrN3O2/c1-10-5-15(11(2)24-10)18(23)22-4-3-16-13(9-22)6-12-7-14(19)8-20-17(12)21-16/h5-8H,3-4,9H2,1-2H3. The summed E-state index contributed by atoms with van der Waals surface area (Å²) in [4.78, 5) is 23.7. The minimum Gasteiger partial charge on any atom is -0.466 e. The fourth-order valence-corrected chi connectivity index (χ4v) is 3.53. The molecule has 24 heavy (non-hydrogen) atoms. The van der Waals surface area contributed by atoms with Gasteiger partial charge < -0.3 is 9.32 Å². The van der Waals surface area contributed by atoms with Crippen LogP contribution in [-0.2, 0) is 13.0 Å². The lowest BCUT2D eigenvalue weighted by atomic mass is 10.0. The van der Waals surface area contributed by atoms with Crippen molar-refractivity contribution in [3.05, 3.63) is 57.2 Å². The van der Waals surface area contributed by atoms with Gasteiger partial charge in [0.25, 0.3) is 5.91 Å². The van der Waals surface area contributed by atoms with Crippen molar-refractivity contribution in [1.82, 2.24) is 14.9 Å². The molecule has 0 spiro atoms. The van der Waals surface area contributed by atoms with Gasteiger partial charge in [-0.2, -0.15) is 0 Å². The van der Waals surface area contributed by atoms with E-state index in [-0.39, 0.29) is 5.91 Å². The predicted octanol–water partition coefficient (Wildman–Crippen LogP) is 3.80. The van der Waals surface area contributed by atoms with E-state index in [1.54, 1.807) is 6.20 Å². The Morgan fingerprint density at radius 3 is 2.88 bits per heavy atom. The maximum atomic E-state index is 12.8. The Morgan fingerprint density at radius 2 is 2.12 bits per heavy atom. The molecule has 6 heteroatoms. The van der Waals surface area contributed by atoms with Crippen molar-refractivity contribution in [2.45, 2.75) is 26.8 Å². The Balaban J connectivity index is 1.67. The first-order valence-corrected chi connectivity index (χ1v) is 8.61. The predicted molar refractivity (Wildman–Crippen MR) is 93.9 cm³/mol. The largest absolute Gasteiger partial charge is 0.466 e. The topological polar surface area (TPSA) is 59.2 Å². The van der Waals surface area contributed by atoms with Crippen molar-refractivity contribution in [2.75, 3.05) is 6.54 Å². The van der Waals surface area contributed by atoms with Gasteiger partial charge >= 0.3 is 0 Å². The number of carbonyl (C=O) groups excluding carboxylic acids is 1. The lowest BCUT2D eigenvalue weighted by Crippen LogP contribution is -2.36. The highest BCUT2D eigenvalue weighted by Gasteiger charge is 2.25. The Labute approximate surface area is 147 Å². The second-order valence-corrected chi connectivity index (χ2v) is 7.01. The number of carbonyl (C=O) groups is 1. The summed E-state index contributed by atoms with van der Waals surface area (Å²) in [5.74, 6) is 1.45. The number of furan rings is 1. The maximum absolute atomic E-state index is 12.8. The molecule has 3 aromatic rings. The zero-order valence-electron chi connectivity index (χ0n) is 13.5. The molecule has 5 nitrogen and oxygen atoms in total. The summed E-state index contributed by atoms with van der Waals surface area (Å²) in [7, 11) is 0. The van der Waals surface area contributed by atoms with E-state index in [0.717, 1.165) is 38.9 Å². The number of hydrogen-bond donors (Lipinski definition) is 0. The van der Waals surface area contributed by atoms with Crippen LogP contribution in [0.4, 0.5) is 0 Å². The first-order valence-electron chi connectivity index (χ1n) is 7.81. The molecule has 1 aliphatic heterocycles. The number of nitrogens with zero attached hydrogens (tertiary/aromatic N) is 3. The summed E-state index contributed by atoms with van der Waals surface area (Å²) >= 11 is 3.44. The number of aromatic nitrogens is 2. The van der Waals surface area contributed by atoms with Gasteiger partial charge in [-0.3, -0.25) is 4.79 Å². The normalized spacial score (nSPS) is 14.0. The highest BCUT2D eigenvalue weighted by Crippen LogP contribution is 2.25. The summed E-state index contributed by atoms with van der Waals surface area (Å²) in [6.45, 7) is 4.91. The molecular formula is C18H16BrN3O2. The fraction of sp³-hybridized carbons (Fsp3) is 0.278. The van der Waals surface area contributed by atoms with Crippen LogP contribution in [0.1, 0.15) is 33.1 Å². The molecule has 0 saturated carbocycles. The number of rotatable bonds is 1. The van der Waals surface area contributed by atoms with Crippen LogP contribution in [0.2, 0.25) is 0 Å². The molecule has 4 rings (SSSR count). The van der Waals surface area contributed by atoms with Crippen molar-refractivity contribution in [3.8, 4) is 0 Å². The van der Waals surface area contributed by atoms with E-state index < -0.39 is 0 Å². The molecule has 0 aromatic carbocycles. The molecule has 122 valence electrons. The van der Waals surface area contributed by atoms with Crippen LogP contribution in [0.5, 0.6) is 0 Å². The average Bonchev–Trinajstić information content (AvgIpc) is 2.90. The van der Waals surface area contributed by atoms with Gasteiger partial charge in [-0.1, -0.05) is 0 Å².